The van der Waals surface area contributed by atoms with Gasteiger partial charge in [0.15, 0.2) is 0 Å². The Kier molecular flexibility index (Phi) is 2.12. The molecule has 10 heavy (non-hydrogen) atoms. The fourth-order valence-electron chi connectivity index (χ4n) is 1.19. The molecule has 2 heteroatoms. The maximum Gasteiger partial charge on any atom is 0.0584 e. The molecule has 1 saturated carbocycles. The second-order valence-electron chi connectivity index (χ2n) is 2.69. The Morgan fingerprint density at radius 1 is 1.70 bits per heavy atom. The molecule has 0 saturated heterocycles. The zero-order valence-electron chi connectivity index (χ0n) is 6.01. The Labute approximate surface area is 61.0 Å². The SMILES string of the molecule is C=C1CCC(O)C/C1=C/N. The molecule has 3 N–H and O–H groups in total. The van der Waals surface area contributed by atoms with Gasteiger partial charge in [0.25, 0.3) is 0 Å². The number of aliphatic hydroxyl groups excluding tert-OH is 1. The minimum atomic E-state index is -0.208. The molecule has 1 rings (SSSR count). The maximum atomic E-state index is 9.19. The van der Waals surface area contributed by atoms with Crippen LogP contribution in [-0.2, 0) is 0 Å². The molecule has 1 unspecified atom stereocenters. The predicted molar refractivity (Wildman–Crippen MR) is 41.3 cm³/mol. The molecule has 0 bridgehead atoms. The first-order valence-electron chi connectivity index (χ1n) is 3.51. The van der Waals surface area contributed by atoms with Crippen molar-refractivity contribution < 1.29 is 5.11 Å². The highest BCUT2D eigenvalue weighted by Gasteiger charge is 2.16. The van der Waals surface area contributed by atoms with Gasteiger partial charge in [-0.3, -0.25) is 0 Å². The Balaban J connectivity index is 2.63. The summed E-state index contributed by atoms with van der Waals surface area (Å²) < 4.78 is 0. The summed E-state index contributed by atoms with van der Waals surface area (Å²) in [5.41, 5.74) is 7.41. The van der Waals surface area contributed by atoms with Crippen molar-refractivity contribution in [2.45, 2.75) is 25.4 Å². The molecule has 1 atom stereocenters. The average molecular weight is 139 g/mol. The van der Waals surface area contributed by atoms with Gasteiger partial charge in [-0.15, -0.1) is 0 Å². The standard InChI is InChI=1S/C8H13NO/c1-6-2-3-8(10)4-7(6)5-9/h5,8,10H,1-4,9H2/b7-5-. The fourth-order valence-corrected chi connectivity index (χ4v) is 1.19. The number of aliphatic hydroxyl groups is 1. The van der Waals surface area contributed by atoms with Crippen LogP contribution in [0.5, 0.6) is 0 Å². The second-order valence-corrected chi connectivity index (χ2v) is 2.69. The molecule has 1 fully saturated rings. The van der Waals surface area contributed by atoms with E-state index in [2.05, 4.69) is 6.58 Å². The molecular weight excluding hydrogens is 126 g/mol. The Bertz CT molecular complexity index is 172. The molecule has 0 amide bonds. The molecule has 0 aromatic rings. The lowest BCUT2D eigenvalue weighted by Gasteiger charge is -2.21. The third kappa shape index (κ3) is 1.39. The first-order valence-corrected chi connectivity index (χ1v) is 3.51. The summed E-state index contributed by atoms with van der Waals surface area (Å²) >= 11 is 0. The third-order valence-electron chi connectivity index (χ3n) is 1.89. The second kappa shape index (κ2) is 2.88. The van der Waals surface area contributed by atoms with Gasteiger partial charge in [0.2, 0.25) is 0 Å². The van der Waals surface area contributed by atoms with Gasteiger partial charge < -0.3 is 10.8 Å². The van der Waals surface area contributed by atoms with Crippen LogP contribution in [0.4, 0.5) is 0 Å². The summed E-state index contributed by atoms with van der Waals surface area (Å²) in [4.78, 5) is 0. The quantitative estimate of drug-likeness (QED) is 0.524. The van der Waals surface area contributed by atoms with E-state index < -0.39 is 0 Å². The van der Waals surface area contributed by atoms with Crippen LogP contribution < -0.4 is 5.73 Å². The molecule has 0 aromatic carbocycles. The number of rotatable bonds is 0. The van der Waals surface area contributed by atoms with Crippen molar-refractivity contribution in [1.82, 2.24) is 0 Å². The van der Waals surface area contributed by atoms with Crippen molar-refractivity contribution in [2.24, 2.45) is 5.73 Å². The van der Waals surface area contributed by atoms with Crippen LogP contribution in [0.25, 0.3) is 0 Å². The normalized spacial score (nSPS) is 31.1. The summed E-state index contributed by atoms with van der Waals surface area (Å²) in [6.45, 7) is 3.84. The van der Waals surface area contributed by atoms with Crippen molar-refractivity contribution in [3.8, 4) is 0 Å². The Morgan fingerprint density at radius 2 is 2.40 bits per heavy atom. The number of hydrogen-bond acceptors (Lipinski definition) is 2. The molecule has 0 aliphatic heterocycles. The van der Waals surface area contributed by atoms with E-state index in [1.54, 1.807) is 6.20 Å². The lowest BCUT2D eigenvalue weighted by molar-refractivity contribution is 0.158. The highest BCUT2D eigenvalue weighted by atomic mass is 16.3. The van der Waals surface area contributed by atoms with Crippen molar-refractivity contribution in [3.63, 3.8) is 0 Å². The van der Waals surface area contributed by atoms with Crippen molar-refractivity contribution in [3.05, 3.63) is 23.9 Å². The van der Waals surface area contributed by atoms with Crippen LogP contribution in [0, 0.1) is 0 Å². The molecule has 0 spiro atoms. The summed E-state index contributed by atoms with van der Waals surface area (Å²) in [6, 6.07) is 0. The summed E-state index contributed by atoms with van der Waals surface area (Å²) in [6.07, 6.45) is 3.72. The van der Waals surface area contributed by atoms with Gasteiger partial charge in [0.1, 0.15) is 0 Å². The Morgan fingerprint density at radius 3 is 2.90 bits per heavy atom. The Hall–Kier alpha value is -0.760. The highest BCUT2D eigenvalue weighted by Crippen LogP contribution is 2.26. The van der Waals surface area contributed by atoms with Crippen LogP contribution in [-0.4, -0.2) is 11.2 Å². The van der Waals surface area contributed by atoms with Gasteiger partial charge in [-0.25, -0.2) is 0 Å². The molecule has 56 valence electrons. The lowest BCUT2D eigenvalue weighted by atomic mass is 9.89. The van der Waals surface area contributed by atoms with E-state index in [-0.39, 0.29) is 6.10 Å². The van der Waals surface area contributed by atoms with Gasteiger partial charge in [-0.2, -0.15) is 0 Å². The van der Waals surface area contributed by atoms with E-state index >= 15 is 0 Å². The fraction of sp³-hybridized carbons (Fsp3) is 0.500. The van der Waals surface area contributed by atoms with Gasteiger partial charge in [0.05, 0.1) is 6.10 Å². The molecule has 1 aliphatic carbocycles. The predicted octanol–water partition coefficient (Wildman–Crippen LogP) is 0.930. The molecule has 0 aromatic heterocycles. The smallest absolute Gasteiger partial charge is 0.0584 e. The van der Waals surface area contributed by atoms with E-state index in [1.807, 2.05) is 0 Å². The average Bonchev–Trinajstić information content (AvgIpc) is 1.94. The van der Waals surface area contributed by atoms with Crippen LogP contribution in [0.3, 0.4) is 0 Å². The van der Waals surface area contributed by atoms with E-state index in [0.717, 1.165) is 24.0 Å². The van der Waals surface area contributed by atoms with E-state index in [1.165, 1.54) is 0 Å². The van der Waals surface area contributed by atoms with Crippen LogP contribution in [0.2, 0.25) is 0 Å². The van der Waals surface area contributed by atoms with Crippen molar-refractivity contribution in [2.75, 3.05) is 0 Å². The minimum Gasteiger partial charge on any atom is -0.404 e. The number of allylic oxidation sites excluding steroid dienone is 1. The van der Waals surface area contributed by atoms with Crippen molar-refractivity contribution in [1.29, 1.82) is 0 Å². The minimum absolute atomic E-state index is 0.208. The van der Waals surface area contributed by atoms with Gasteiger partial charge in [0, 0.05) is 6.42 Å². The van der Waals surface area contributed by atoms with Gasteiger partial charge in [-0.05, 0) is 24.6 Å². The van der Waals surface area contributed by atoms with E-state index in [9.17, 15) is 5.11 Å². The maximum absolute atomic E-state index is 9.19. The van der Waals surface area contributed by atoms with Crippen molar-refractivity contribution >= 4 is 0 Å². The first-order chi connectivity index (χ1) is 4.74. The number of hydrogen-bond donors (Lipinski definition) is 2. The van der Waals surface area contributed by atoms with Gasteiger partial charge >= 0.3 is 0 Å². The van der Waals surface area contributed by atoms with E-state index in [4.69, 9.17) is 5.73 Å². The molecule has 0 heterocycles. The zero-order valence-corrected chi connectivity index (χ0v) is 6.01. The lowest BCUT2D eigenvalue weighted by Crippen LogP contribution is -2.15. The topological polar surface area (TPSA) is 46.2 Å². The van der Waals surface area contributed by atoms with Crippen LogP contribution in [0.1, 0.15) is 19.3 Å². The third-order valence-corrected chi connectivity index (χ3v) is 1.89. The summed E-state index contributed by atoms with van der Waals surface area (Å²) in [7, 11) is 0. The molecular formula is C8H13NO. The first kappa shape index (κ1) is 7.35. The van der Waals surface area contributed by atoms with Crippen LogP contribution in [0.15, 0.2) is 23.9 Å². The number of nitrogens with two attached hydrogens (primary N) is 1. The monoisotopic (exact) mass is 139 g/mol. The van der Waals surface area contributed by atoms with Crippen LogP contribution >= 0.6 is 0 Å². The van der Waals surface area contributed by atoms with E-state index in [0.29, 0.717) is 6.42 Å². The summed E-state index contributed by atoms with van der Waals surface area (Å²) in [5, 5.41) is 9.19. The summed E-state index contributed by atoms with van der Waals surface area (Å²) in [5.74, 6) is 0. The molecule has 0 radical (unpaired) electrons. The molecule has 2 nitrogen and oxygen atoms in total. The zero-order chi connectivity index (χ0) is 7.56. The largest absolute Gasteiger partial charge is 0.404 e. The highest BCUT2D eigenvalue weighted by molar-refractivity contribution is 5.30. The molecule has 1 aliphatic rings. The van der Waals surface area contributed by atoms with Gasteiger partial charge in [-0.1, -0.05) is 12.2 Å².